The lowest BCUT2D eigenvalue weighted by Gasteiger charge is -2.17. The smallest absolute Gasteiger partial charge is 0.293 e. The number of hydrogen-bond donors (Lipinski definition) is 1. The van der Waals surface area contributed by atoms with Crippen LogP contribution >= 0.6 is 0 Å². The number of nitrogens with zero attached hydrogens (tertiary/aromatic N) is 3. The van der Waals surface area contributed by atoms with E-state index in [0.29, 0.717) is 22.8 Å². The summed E-state index contributed by atoms with van der Waals surface area (Å²) in [7, 11) is 0. The molecule has 0 bridgehead atoms. The maximum absolute atomic E-state index is 12.9. The Labute approximate surface area is 196 Å². The number of aromatic nitrogens is 1. The summed E-state index contributed by atoms with van der Waals surface area (Å²) in [4.78, 5) is 30.7. The van der Waals surface area contributed by atoms with E-state index in [1.165, 1.54) is 6.07 Å². The molecule has 1 amide bonds. The molecular weight excluding hydrogens is 432 g/mol. The van der Waals surface area contributed by atoms with E-state index < -0.39 is 10.8 Å². The molecule has 0 spiro atoms. The largest absolute Gasteiger partial charge is 0.436 e. The van der Waals surface area contributed by atoms with Crippen molar-refractivity contribution in [3.8, 4) is 11.5 Å². The molecular formula is C26H24N4O4. The quantitative estimate of drug-likeness (QED) is 0.298. The van der Waals surface area contributed by atoms with Gasteiger partial charge in [0.05, 0.1) is 4.92 Å². The fraction of sp³-hybridized carbons (Fsp3) is 0.231. The van der Waals surface area contributed by atoms with Gasteiger partial charge in [-0.3, -0.25) is 14.9 Å². The minimum Gasteiger partial charge on any atom is -0.436 e. The molecule has 8 nitrogen and oxygen atoms in total. The summed E-state index contributed by atoms with van der Waals surface area (Å²) in [5.74, 6) is 0.0405. The lowest BCUT2D eigenvalue weighted by molar-refractivity contribution is -0.384. The number of aryl methyl sites for hydroxylation is 2. The number of benzene rings is 3. The Morgan fingerprint density at radius 2 is 1.82 bits per heavy atom. The Morgan fingerprint density at radius 3 is 2.59 bits per heavy atom. The molecule has 4 aromatic rings. The highest BCUT2D eigenvalue weighted by molar-refractivity contribution is 6.05. The van der Waals surface area contributed by atoms with Crippen molar-refractivity contribution >= 4 is 34.1 Å². The average molecular weight is 457 g/mol. The van der Waals surface area contributed by atoms with Crippen LogP contribution in [0, 0.1) is 24.0 Å². The lowest BCUT2D eigenvalue weighted by Crippen LogP contribution is -2.19. The van der Waals surface area contributed by atoms with Gasteiger partial charge in [-0.05, 0) is 80.3 Å². The molecule has 0 atom stereocenters. The van der Waals surface area contributed by atoms with Crippen LogP contribution in [0.25, 0.3) is 22.6 Å². The maximum atomic E-state index is 12.9. The van der Waals surface area contributed by atoms with E-state index in [2.05, 4.69) is 10.3 Å². The van der Waals surface area contributed by atoms with Crippen molar-refractivity contribution in [1.29, 1.82) is 0 Å². The molecule has 0 saturated carbocycles. The number of fused-ring (bicyclic) bond motifs is 1. The van der Waals surface area contributed by atoms with E-state index >= 15 is 0 Å². The fourth-order valence-corrected chi connectivity index (χ4v) is 4.27. The third-order valence-electron chi connectivity index (χ3n) is 6.25. The number of amides is 1. The molecule has 1 fully saturated rings. The van der Waals surface area contributed by atoms with Crippen molar-refractivity contribution in [2.75, 3.05) is 23.3 Å². The minimum absolute atomic E-state index is 0.0552. The first-order valence-corrected chi connectivity index (χ1v) is 11.2. The number of hydrogen-bond acceptors (Lipinski definition) is 6. The number of carbonyl (C=O) groups excluding carboxylic acids is 1. The van der Waals surface area contributed by atoms with E-state index in [-0.39, 0.29) is 11.3 Å². The van der Waals surface area contributed by atoms with Crippen LogP contribution in [0.3, 0.4) is 0 Å². The van der Waals surface area contributed by atoms with Gasteiger partial charge in [0, 0.05) is 36.0 Å². The fourth-order valence-electron chi connectivity index (χ4n) is 4.27. The van der Waals surface area contributed by atoms with Crippen molar-refractivity contribution in [2.45, 2.75) is 26.7 Å². The number of anilines is 2. The second-order valence-electron chi connectivity index (χ2n) is 8.61. The second kappa shape index (κ2) is 8.62. The monoisotopic (exact) mass is 456 g/mol. The topological polar surface area (TPSA) is 102 Å². The predicted molar refractivity (Wildman–Crippen MR) is 131 cm³/mol. The molecule has 8 heteroatoms. The van der Waals surface area contributed by atoms with Crippen LogP contribution in [0.1, 0.15) is 34.3 Å². The zero-order valence-electron chi connectivity index (χ0n) is 19.0. The molecule has 1 aromatic heterocycles. The Morgan fingerprint density at radius 1 is 1.06 bits per heavy atom. The summed E-state index contributed by atoms with van der Waals surface area (Å²) in [5.41, 5.74) is 5.74. The Kier molecular flexibility index (Phi) is 5.49. The van der Waals surface area contributed by atoms with Crippen molar-refractivity contribution in [3.05, 3.63) is 81.4 Å². The van der Waals surface area contributed by atoms with E-state index in [9.17, 15) is 14.9 Å². The molecule has 3 aromatic carbocycles. The van der Waals surface area contributed by atoms with Gasteiger partial charge in [0.1, 0.15) is 11.2 Å². The summed E-state index contributed by atoms with van der Waals surface area (Å²) < 4.78 is 5.94. The number of rotatable bonds is 5. The lowest BCUT2D eigenvalue weighted by atomic mass is 10.1. The van der Waals surface area contributed by atoms with Gasteiger partial charge in [0.2, 0.25) is 5.89 Å². The average Bonchev–Trinajstić information content (AvgIpc) is 3.49. The van der Waals surface area contributed by atoms with Gasteiger partial charge < -0.3 is 14.6 Å². The summed E-state index contributed by atoms with van der Waals surface area (Å²) in [6.45, 7) is 5.62. The third kappa shape index (κ3) is 4.10. The van der Waals surface area contributed by atoms with Gasteiger partial charge in [-0.15, -0.1) is 0 Å². The second-order valence-corrected chi connectivity index (χ2v) is 8.61. The molecule has 1 aliphatic heterocycles. The Bertz CT molecular complexity index is 1380. The highest BCUT2D eigenvalue weighted by Crippen LogP contribution is 2.32. The molecule has 1 saturated heterocycles. The normalized spacial score (nSPS) is 13.4. The zero-order valence-corrected chi connectivity index (χ0v) is 19.0. The molecule has 5 rings (SSSR count). The number of carbonyl (C=O) groups is 1. The maximum Gasteiger partial charge on any atom is 0.293 e. The number of nitro groups is 1. The highest BCUT2D eigenvalue weighted by atomic mass is 16.6. The molecule has 1 aliphatic rings. The summed E-state index contributed by atoms with van der Waals surface area (Å²) in [6, 6.07) is 15.8. The first kappa shape index (κ1) is 21.6. The first-order valence-electron chi connectivity index (χ1n) is 11.2. The number of nitrogens with one attached hydrogen (secondary N) is 1. The predicted octanol–water partition coefficient (Wildman–Crippen LogP) is 5.87. The van der Waals surface area contributed by atoms with Gasteiger partial charge in [-0.25, -0.2) is 4.98 Å². The third-order valence-corrected chi connectivity index (χ3v) is 6.25. The number of nitro benzene ring substituents is 1. The van der Waals surface area contributed by atoms with Crippen molar-refractivity contribution < 1.29 is 14.1 Å². The highest BCUT2D eigenvalue weighted by Gasteiger charge is 2.24. The Balaban J connectivity index is 1.40. The van der Waals surface area contributed by atoms with Crippen molar-refractivity contribution in [2.24, 2.45) is 0 Å². The first-order chi connectivity index (χ1) is 16.4. The van der Waals surface area contributed by atoms with Crippen LogP contribution in [-0.2, 0) is 0 Å². The van der Waals surface area contributed by atoms with Gasteiger partial charge in [0.15, 0.2) is 5.58 Å². The van der Waals surface area contributed by atoms with E-state index in [1.807, 2.05) is 36.9 Å². The standard InChI is InChI=1S/C26H24N4O4/c1-16-12-21-24(13-17(16)2)34-26(28-21)19-6-5-7-20(14-19)27-25(31)18-8-9-22(23(15-18)30(32)33)29-10-3-4-11-29/h5-9,12-15H,3-4,10-11H2,1-2H3,(H,27,31). The van der Waals surface area contributed by atoms with Gasteiger partial charge in [0.25, 0.3) is 11.6 Å². The van der Waals surface area contributed by atoms with Crippen LogP contribution in [0.2, 0.25) is 0 Å². The van der Waals surface area contributed by atoms with E-state index in [4.69, 9.17) is 4.42 Å². The summed E-state index contributed by atoms with van der Waals surface area (Å²) in [6.07, 6.45) is 2.02. The van der Waals surface area contributed by atoms with E-state index in [1.54, 1.807) is 30.3 Å². The summed E-state index contributed by atoms with van der Waals surface area (Å²) in [5, 5.41) is 14.5. The van der Waals surface area contributed by atoms with Crippen LogP contribution < -0.4 is 10.2 Å². The Hall–Kier alpha value is -4.20. The van der Waals surface area contributed by atoms with E-state index in [0.717, 1.165) is 48.1 Å². The molecule has 0 unspecified atom stereocenters. The van der Waals surface area contributed by atoms with Crippen LogP contribution in [0.4, 0.5) is 17.1 Å². The molecule has 2 heterocycles. The van der Waals surface area contributed by atoms with Gasteiger partial charge in [-0.2, -0.15) is 0 Å². The SMILES string of the molecule is Cc1cc2nc(-c3cccc(NC(=O)c4ccc(N5CCCC5)c([N+](=O)[O-])c4)c3)oc2cc1C. The number of oxazole rings is 1. The molecule has 0 radical (unpaired) electrons. The zero-order chi connectivity index (χ0) is 23.8. The van der Waals surface area contributed by atoms with Crippen LogP contribution in [-0.4, -0.2) is 28.9 Å². The van der Waals surface area contributed by atoms with Crippen molar-refractivity contribution in [1.82, 2.24) is 4.98 Å². The van der Waals surface area contributed by atoms with Crippen molar-refractivity contribution in [3.63, 3.8) is 0 Å². The van der Waals surface area contributed by atoms with Crippen LogP contribution in [0.15, 0.2) is 59.0 Å². The molecule has 172 valence electrons. The van der Waals surface area contributed by atoms with Crippen LogP contribution in [0.5, 0.6) is 0 Å². The molecule has 1 N–H and O–H groups in total. The summed E-state index contributed by atoms with van der Waals surface area (Å²) >= 11 is 0. The van der Waals surface area contributed by atoms with Gasteiger partial charge >= 0.3 is 0 Å². The minimum atomic E-state index is -0.429. The molecule has 34 heavy (non-hydrogen) atoms. The van der Waals surface area contributed by atoms with Gasteiger partial charge in [-0.1, -0.05) is 6.07 Å². The molecule has 0 aliphatic carbocycles.